The van der Waals surface area contributed by atoms with E-state index < -0.39 is 15.9 Å². The molecule has 0 fully saturated rings. The number of hydrogen-bond acceptors (Lipinski definition) is 5. The van der Waals surface area contributed by atoms with Crippen molar-refractivity contribution in [1.82, 2.24) is 4.31 Å². The molecular weight excluding hydrogens is 356 g/mol. The summed E-state index contributed by atoms with van der Waals surface area (Å²) >= 11 is 0. The molecule has 0 saturated carbocycles. The minimum absolute atomic E-state index is 0.0626. The first-order chi connectivity index (χ1) is 12.4. The molecule has 2 rings (SSSR count). The van der Waals surface area contributed by atoms with Crippen molar-refractivity contribution in [2.45, 2.75) is 0 Å². The van der Waals surface area contributed by atoms with E-state index in [1.54, 1.807) is 55.6 Å². The second-order valence-electron chi connectivity index (χ2n) is 5.53. The number of nitrogens with one attached hydrogen (secondary N) is 1. The average Bonchev–Trinajstić information content (AvgIpc) is 2.61. The number of amides is 1. The third-order valence-corrected chi connectivity index (χ3v) is 4.77. The van der Waals surface area contributed by atoms with Crippen molar-refractivity contribution in [2.75, 3.05) is 38.4 Å². The van der Waals surface area contributed by atoms with Crippen molar-refractivity contribution in [3.8, 4) is 11.5 Å². The standard InChI is InChI=1S/C18H22N2O5S/c1-24-16-8-10-17(11-9-16)25-13-12-20(26(2,22)23)14-18(21)19-15-6-4-3-5-7-15/h3-11H,12-14H2,1-2H3,(H,19,21). The molecule has 8 heteroatoms. The molecule has 0 radical (unpaired) electrons. The van der Waals surface area contributed by atoms with Gasteiger partial charge >= 0.3 is 0 Å². The summed E-state index contributed by atoms with van der Waals surface area (Å²) in [7, 11) is -1.98. The van der Waals surface area contributed by atoms with Gasteiger partial charge in [-0.25, -0.2) is 8.42 Å². The SMILES string of the molecule is COc1ccc(OCCN(CC(=O)Nc2ccccc2)S(C)(=O)=O)cc1. The molecule has 0 atom stereocenters. The predicted molar refractivity (Wildman–Crippen MR) is 100.0 cm³/mol. The summed E-state index contributed by atoms with van der Waals surface area (Å²) in [4.78, 5) is 12.1. The Kier molecular flexibility index (Phi) is 6.99. The molecule has 2 aromatic rings. The quantitative estimate of drug-likeness (QED) is 0.721. The zero-order chi connectivity index (χ0) is 19.0. The fraction of sp³-hybridized carbons (Fsp3) is 0.278. The number of benzene rings is 2. The largest absolute Gasteiger partial charge is 0.497 e. The van der Waals surface area contributed by atoms with E-state index in [0.29, 0.717) is 17.2 Å². The van der Waals surface area contributed by atoms with Crippen molar-refractivity contribution in [2.24, 2.45) is 0 Å². The van der Waals surface area contributed by atoms with E-state index in [2.05, 4.69) is 5.32 Å². The number of carbonyl (C=O) groups is 1. The van der Waals surface area contributed by atoms with E-state index in [4.69, 9.17) is 9.47 Å². The molecule has 0 unspecified atom stereocenters. The van der Waals surface area contributed by atoms with Gasteiger partial charge in [-0.05, 0) is 36.4 Å². The number of sulfonamides is 1. The van der Waals surface area contributed by atoms with Crippen molar-refractivity contribution in [3.63, 3.8) is 0 Å². The smallest absolute Gasteiger partial charge is 0.239 e. The van der Waals surface area contributed by atoms with Gasteiger partial charge in [-0.3, -0.25) is 4.79 Å². The van der Waals surface area contributed by atoms with E-state index in [-0.39, 0.29) is 19.7 Å². The fourth-order valence-corrected chi connectivity index (χ4v) is 2.94. The number of anilines is 1. The normalized spacial score (nSPS) is 11.2. The molecule has 26 heavy (non-hydrogen) atoms. The molecule has 0 aliphatic heterocycles. The van der Waals surface area contributed by atoms with Gasteiger partial charge in [-0.15, -0.1) is 0 Å². The zero-order valence-corrected chi connectivity index (χ0v) is 15.5. The lowest BCUT2D eigenvalue weighted by atomic mass is 10.3. The van der Waals surface area contributed by atoms with E-state index in [1.165, 1.54) is 0 Å². The summed E-state index contributed by atoms with van der Waals surface area (Å²) in [5.41, 5.74) is 0.612. The molecule has 0 bridgehead atoms. The van der Waals surface area contributed by atoms with Crippen LogP contribution in [-0.4, -0.2) is 51.7 Å². The van der Waals surface area contributed by atoms with Gasteiger partial charge in [0.05, 0.1) is 19.9 Å². The van der Waals surface area contributed by atoms with E-state index in [0.717, 1.165) is 10.6 Å². The molecule has 0 aliphatic rings. The molecule has 2 aromatic carbocycles. The van der Waals surface area contributed by atoms with Gasteiger partial charge in [0.25, 0.3) is 0 Å². The van der Waals surface area contributed by atoms with Gasteiger partial charge in [0.2, 0.25) is 15.9 Å². The highest BCUT2D eigenvalue weighted by molar-refractivity contribution is 7.88. The Morgan fingerprint density at radius 1 is 1.04 bits per heavy atom. The second-order valence-corrected chi connectivity index (χ2v) is 7.52. The predicted octanol–water partition coefficient (Wildman–Crippen LogP) is 1.97. The number of ether oxygens (including phenoxy) is 2. The maximum absolute atomic E-state index is 12.1. The zero-order valence-electron chi connectivity index (χ0n) is 14.7. The minimum Gasteiger partial charge on any atom is -0.497 e. The minimum atomic E-state index is -3.54. The maximum atomic E-state index is 12.1. The van der Waals surface area contributed by atoms with Crippen molar-refractivity contribution in [3.05, 3.63) is 54.6 Å². The Balaban J connectivity index is 1.89. The van der Waals surface area contributed by atoms with E-state index in [9.17, 15) is 13.2 Å². The van der Waals surface area contributed by atoms with Crippen molar-refractivity contribution >= 4 is 21.6 Å². The van der Waals surface area contributed by atoms with Gasteiger partial charge in [0.15, 0.2) is 0 Å². The molecule has 0 heterocycles. The van der Waals surface area contributed by atoms with Crippen LogP contribution in [0.5, 0.6) is 11.5 Å². The third kappa shape index (κ3) is 6.38. The van der Waals surface area contributed by atoms with Crippen LogP contribution in [-0.2, 0) is 14.8 Å². The molecule has 0 spiro atoms. The summed E-state index contributed by atoms with van der Waals surface area (Å²) in [5, 5.41) is 2.67. The summed E-state index contributed by atoms with van der Waals surface area (Å²) in [6.45, 7) is -0.0925. The average molecular weight is 378 g/mol. The molecule has 1 amide bonds. The first kappa shape index (κ1) is 19.7. The molecule has 7 nitrogen and oxygen atoms in total. The molecule has 0 aliphatic carbocycles. The first-order valence-corrected chi connectivity index (χ1v) is 9.80. The highest BCUT2D eigenvalue weighted by Crippen LogP contribution is 2.17. The second kappa shape index (κ2) is 9.21. The van der Waals surface area contributed by atoms with E-state index >= 15 is 0 Å². The highest BCUT2D eigenvalue weighted by Gasteiger charge is 2.20. The Hall–Kier alpha value is -2.58. The number of carbonyl (C=O) groups excluding carboxylic acids is 1. The molecular formula is C18H22N2O5S. The first-order valence-electron chi connectivity index (χ1n) is 7.95. The topological polar surface area (TPSA) is 84.9 Å². The monoisotopic (exact) mass is 378 g/mol. The van der Waals surface area contributed by atoms with Crippen molar-refractivity contribution in [1.29, 1.82) is 0 Å². The summed E-state index contributed by atoms with van der Waals surface area (Å²) in [5.74, 6) is 0.881. The molecule has 140 valence electrons. The van der Waals surface area contributed by atoms with Crippen LogP contribution in [0.25, 0.3) is 0 Å². The molecule has 0 aromatic heterocycles. The lowest BCUT2D eigenvalue weighted by molar-refractivity contribution is -0.116. The van der Waals surface area contributed by atoms with Crippen LogP contribution in [0.15, 0.2) is 54.6 Å². The molecule has 1 N–H and O–H groups in total. The third-order valence-electron chi connectivity index (χ3n) is 3.52. The highest BCUT2D eigenvalue weighted by atomic mass is 32.2. The van der Waals surface area contributed by atoms with E-state index in [1.807, 2.05) is 6.07 Å². The summed E-state index contributed by atoms with van der Waals surface area (Å²) < 4.78 is 35.5. The van der Waals surface area contributed by atoms with Crippen LogP contribution < -0.4 is 14.8 Å². The van der Waals surface area contributed by atoms with Crippen LogP contribution in [0.4, 0.5) is 5.69 Å². The lowest BCUT2D eigenvalue weighted by Gasteiger charge is -2.19. The number of nitrogens with zero attached hydrogens (tertiary/aromatic N) is 1. The van der Waals surface area contributed by atoms with Crippen LogP contribution in [0.1, 0.15) is 0 Å². The van der Waals surface area contributed by atoms with Crippen molar-refractivity contribution < 1.29 is 22.7 Å². The Bertz CT molecular complexity index is 807. The summed E-state index contributed by atoms with van der Waals surface area (Å²) in [6.07, 6.45) is 1.07. The Labute approximate surface area is 153 Å². The number of methoxy groups -OCH3 is 1. The van der Waals surface area contributed by atoms with Gasteiger partial charge in [-0.2, -0.15) is 4.31 Å². The number of rotatable bonds is 9. The number of para-hydroxylation sites is 1. The Morgan fingerprint density at radius 2 is 1.65 bits per heavy atom. The molecule has 0 saturated heterocycles. The summed E-state index contributed by atoms with van der Waals surface area (Å²) in [6, 6.07) is 15.8. The lowest BCUT2D eigenvalue weighted by Crippen LogP contribution is -2.39. The van der Waals surface area contributed by atoms with Crippen LogP contribution >= 0.6 is 0 Å². The van der Waals surface area contributed by atoms with Crippen LogP contribution in [0.2, 0.25) is 0 Å². The van der Waals surface area contributed by atoms with Crippen LogP contribution in [0, 0.1) is 0 Å². The Morgan fingerprint density at radius 3 is 2.23 bits per heavy atom. The number of hydrogen-bond donors (Lipinski definition) is 1. The van der Waals surface area contributed by atoms with Gasteiger partial charge in [0.1, 0.15) is 18.1 Å². The van der Waals surface area contributed by atoms with Gasteiger partial charge < -0.3 is 14.8 Å². The fourth-order valence-electron chi connectivity index (χ4n) is 2.18. The van der Waals surface area contributed by atoms with Crippen LogP contribution in [0.3, 0.4) is 0 Å². The van der Waals surface area contributed by atoms with Gasteiger partial charge in [-0.1, -0.05) is 18.2 Å². The maximum Gasteiger partial charge on any atom is 0.239 e. The van der Waals surface area contributed by atoms with Gasteiger partial charge in [0, 0.05) is 12.2 Å².